The minimum absolute atomic E-state index is 0.243. The van der Waals surface area contributed by atoms with Crippen LogP contribution in [0, 0.1) is 0 Å². The standard InChI is InChI=1S/C6H11O2P/c1-3-8-6(7)5(2)4-9/h4H,3,9H2,1-2H3/b5-4+. The van der Waals surface area contributed by atoms with E-state index in [1.807, 2.05) is 0 Å². The number of carbonyl (C=O) groups is 1. The smallest absolute Gasteiger partial charge is 0.333 e. The second-order valence-corrected chi connectivity index (χ2v) is 1.90. The van der Waals surface area contributed by atoms with Crippen molar-refractivity contribution in [3.8, 4) is 0 Å². The molecule has 0 spiro atoms. The summed E-state index contributed by atoms with van der Waals surface area (Å²) in [5.74, 6) is 1.41. The summed E-state index contributed by atoms with van der Waals surface area (Å²) in [4.78, 5) is 10.7. The molecule has 0 aromatic heterocycles. The van der Waals surface area contributed by atoms with Crippen molar-refractivity contribution >= 4 is 15.2 Å². The first-order valence-electron chi connectivity index (χ1n) is 2.78. The molecule has 0 aliphatic carbocycles. The zero-order chi connectivity index (χ0) is 7.28. The molecule has 0 saturated heterocycles. The van der Waals surface area contributed by atoms with Crippen LogP contribution in [0.25, 0.3) is 0 Å². The number of hydrogen-bond donors (Lipinski definition) is 0. The zero-order valence-corrected chi connectivity index (χ0v) is 6.83. The minimum atomic E-state index is -0.243. The number of ether oxygens (including phenoxy) is 1. The molecule has 0 N–H and O–H groups in total. The van der Waals surface area contributed by atoms with Crippen LogP contribution in [-0.4, -0.2) is 12.6 Å². The largest absolute Gasteiger partial charge is 0.463 e. The van der Waals surface area contributed by atoms with E-state index in [1.54, 1.807) is 19.7 Å². The zero-order valence-electron chi connectivity index (χ0n) is 5.68. The van der Waals surface area contributed by atoms with Crippen molar-refractivity contribution in [2.24, 2.45) is 0 Å². The molecule has 0 amide bonds. The molecular formula is C6H11O2P. The van der Waals surface area contributed by atoms with Gasteiger partial charge in [0.1, 0.15) is 0 Å². The molecule has 2 nitrogen and oxygen atoms in total. The Kier molecular flexibility index (Phi) is 4.33. The second kappa shape index (κ2) is 4.51. The lowest BCUT2D eigenvalue weighted by Gasteiger charge is -1.98. The fourth-order valence-corrected chi connectivity index (χ4v) is 0.449. The third-order valence-corrected chi connectivity index (χ3v) is 1.35. The van der Waals surface area contributed by atoms with Gasteiger partial charge < -0.3 is 4.74 Å². The van der Waals surface area contributed by atoms with Crippen molar-refractivity contribution < 1.29 is 9.53 Å². The number of esters is 1. The Balaban J connectivity index is 3.74. The van der Waals surface area contributed by atoms with Gasteiger partial charge in [-0.3, -0.25) is 0 Å². The Bertz CT molecular complexity index is 129. The fraction of sp³-hybridized carbons (Fsp3) is 0.500. The van der Waals surface area contributed by atoms with Crippen LogP contribution in [-0.2, 0) is 9.53 Å². The maximum absolute atomic E-state index is 10.7. The molecule has 9 heavy (non-hydrogen) atoms. The molecule has 1 unspecified atom stereocenters. The highest BCUT2D eigenvalue weighted by atomic mass is 31.0. The van der Waals surface area contributed by atoms with Crippen LogP contribution in [0.4, 0.5) is 0 Å². The van der Waals surface area contributed by atoms with E-state index in [1.165, 1.54) is 0 Å². The molecule has 0 fully saturated rings. The lowest BCUT2D eigenvalue weighted by molar-refractivity contribution is -0.138. The highest BCUT2D eigenvalue weighted by Crippen LogP contribution is 1.99. The van der Waals surface area contributed by atoms with Crippen LogP contribution in [0.15, 0.2) is 11.4 Å². The summed E-state index contributed by atoms with van der Waals surface area (Å²) in [6.07, 6.45) is 0. The van der Waals surface area contributed by atoms with Gasteiger partial charge in [0.15, 0.2) is 0 Å². The van der Waals surface area contributed by atoms with Crippen molar-refractivity contribution in [3.63, 3.8) is 0 Å². The molecule has 0 aliphatic rings. The Labute approximate surface area is 57.5 Å². The van der Waals surface area contributed by atoms with Gasteiger partial charge in [0.2, 0.25) is 0 Å². The summed E-state index contributed by atoms with van der Waals surface area (Å²) in [5.41, 5.74) is 0.627. The van der Waals surface area contributed by atoms with Crippen LogP contribution in [0.1, 0.15) is 13.8 Å². The Morgan fingerprint density at radius 2 is 2.33 bits per heavy atom. The molecule has 0 radical (unpaired) electrons. The van der Waals surface area contributed by atoms with E-state index in [4.69, 9.17) is 0 Å². The number of rotatable bonds is 2. The Hall–Kier alpha value is -0.360. The average Bonchev–Trinajstić information content (AvgIpc) is 1.87. The van der Waals surface area contributed by atoms with Crippen molar-refractivity contribution in [2.75, 3.05) is 6.61 Å². The monoisotopic (exact) mass is 146 g/mol. The summed E-state index contributed by atoms with van der Waals surface area (Å²) in [7, 11) is 2.35. The second-order valence-electron chi connectivity index (χ2n) is 1.57. The van der Waals surface area contributed by atoms with Gasteiger partial charge in [-0.05, 0) is 13.8 Å². The van der Waals surface area contributed by atoms with E-state index in [9.17, 15) is 4.79 Å². The first-order chi connectivity index (χ1) is 4.22. The molecule has 0 aliphatic heterocycles. The van der Waals surface area contributed by atoms with Gasteiger partial charge in [-0.1, -0.05) is 5.82 Å². The maximum atomic E-state index is 10.7. The molecule has 0 saturated carbocycles. The minimum Gasteiger partial charge on any atom is -0.463 e. The first-order valence-corrected chi connectivity index (χ1v) is 3.44. The molecule has 1 atom stereocenters. The quantitative estimate of drug-likeness (QED) is 0.333. The predicted molar refractivity (Wildman–Crippen MR) is 40.1 cm³/mol. The van der Waals surface area contributed by atoms with E-state index in [0.717, 1.165) is 0 Å². The van der Waals surface area contributed by atoms with Gasteiger partial charge in [0.05, 0.1) is 6.61 Å². The Morgan fingerprint density at radius 1 is 1.78 bits per heavy atom. The summed E-state index contributed by atoms with van der Waals surface area (Å²) < 4.78 is 4.67. The van der Waals surface area contributed by atoms with Crippen LogP contribution >= 0.6 is 9.24 Å². The van der Waals surface area contributed by atoms with Crippen LogP contribution in [0.2, 0.25) is 0 Å². The maximum Gasteiger partial charge on any atom is 0.333 e. The molecule has 0 rings (SSSR count). The lowest BCUT2D eigenvalue weighted by atomic mass is 10.4. The lowest BCUT2D eigenvalue weighted by Crippen LogP contribution is -2.03. The van der Waals surface area contributed by atoms with Crippen LogP contribution in [0.3, 0.4) is 0 Å². The molecule has 0 bridgehead atoms. The van der Waals surface area contributed by atoms with E-state index >= 15 is 0 Å². The van der Waals surface area contributed by atoms with Gasteiger partial charge in [-0.15, -0.1) is 9.24 Å². The van der Waals surface area contributed by atoms with Crippen molar-refractivity contribution in [2.45, 2.75) is 13.8 Å². The highest BCUT2D eigenvalue weighted by molar-refractivity contribution is 7.20. The molecular weight excluding hydrogens is 135 g/mol. The van der Waals surface area contributed by atoms with Crippen molar-refractivity contribution in [1.29, 1.82) is 0 Å². The van der Waals surface area contributed by atoms with E-state index in [2.05, 4.69) is 14.0 Å². The third-order valence-electron chi connectivity index (χ3n) is 0.847. The fourth-order valence-electron chi connectivity index (χ4n) is 0.313. The molecule has 3 heteroatoms. The Morgan fingerprint density at radius 3 is 2.67 bits per heavy atom. The molecule has 0 aromatic rings. The number of carbonyl (C=O) groups excluding carboxylic acids is 1. The predicted octanol–water partition coefficient (Wildman–Crippen LogP) is 1.33. The van der Waals surface area contributed by atoms with Gasteiger partial charge in [-0.25, -0.2) is 4.79 Å². The summed E-state index contributed by atoms with van der Waals surface area (Å²) in [6.45, 7) is 3.94. The molecule has 0 heterocycles. The third kappa shape index (κ3) is 3.26. The summed E-state index contributed by atoms with van der Waals surface area (Å²) in [5, 5.41) is 0. The van der Waals surface area contributed by atoms with Crippen LogP contribution in [0.5, 0.6) is 0 Å². The normalized spacial score (nSPS) is 11.2. The highest BCUT2D eigenvalue weighted by Gasteiger charge is 2.00. The van der Waals surface area contributed by atoms with Gasteiger partial charge >= 0.3 is 5.97 Å². The van der Waals surface area contributed by atoms with Gasteiger partial charge in [-0.2, -0.15) is 0 Å². The van der Waals surface area contributed by atoms with Crippen LogP contribution < -0.4 is 0 Å². The topological polar surface area (TPSA) is 26.3 Å². The molecule has 0 aromatic carbocycles. The number of hydrogen-bond acceptors (Lipinski definition) is 2. The summed E-state index contributed by atoms with van der Waals surface area (Å²) in [6, 6.07) is 0. The van der Waals surface area contributed by atoms with E-state index in [-0.39, 0.29) is 5.97 Å². The van der Waals surface area contributed by atoms with Gasteiger partial charge in [0, 0.05) is 5.57 Å². The first kappa shape index (κ1) is 8.64. The molecule has 52 valence electrons. The van der Waals surface area contributed by atoms with E-state index in [0.29, 0.717) is 12.2 Å². The van der Waals surface area contributed by atoms with E-state index < -0.39 is 0 Å². The SMILES string of the molecule is CCOC(=O)/C(C)=C/P. The van der Waals surface area contributed by atoms with Gasteiger partial charge in [0.25, 0.3) is 0 Å². The van der Waals surface area contributed by atoms with Crippen molar-refractivity contribution in [3.05, 3.63) is 11.4 Å². The average molecular weight is 146 g/mol. The van der Waals surface area contributed by atoms with Crippen molar-refractivity contribution in [1.82, 2.24) is 0 Å². The summed E-state index contributed by atoms with van der Waals surface area (Å²) >= 11 is 0.